The number of carbonyl (C=O) groups is 2. The summed E-state index contributed by atoms with van der Waals surface area (Å²) in [5, 5.41) is 26.3. The molecule has 5 aliphatic rings. The zero-order chi connectivity index (χ0) is 27.5. The van der Waals surface area contributed by atoms with E-state index in [1.54, 1.807) is 6.07 Å². The molecule has 3 aliphatic carbocycles. The number of phenolic OH excluding ortho intramolecular Hbond substituents is 1. The predicted octanol–water partition coefficient (Wildman–Crippen LogP) is 2.78. The van der Waals surface area contributed by atoms with E-state index in [4.69, 9.17) is 9.47 Å². The number of aliphatic hydroxyl groups is 1. The van der Waals surface area contributed by atoms with Crippen molar-refractivity contribution in [3.8, 4) is 11.5 Å². The summed E-state index contributed by atoms with van der Waals surface area (Å²) in [6.07, 6.45) is 7.49. The normalized spacial score (nSPS) is 31.9. The predicted molar refractivity (Wildman–Crippen MR) is 147 cm³/mol. The lowest BCUT2D eigenvalue weighted by Gasteiger charge is -2.64. The molecule has 40 heavy (non-hydrogen) atoms. The Kier molecular flexibility index (Phi) is 6.16. The van der Waals surface area contributed by atoms with Gasteiger partial charge >= 0.3 is 5.97 Å². The molecule has 1 amide bonds. The van der Waals surface area contributed by atoms with Crippen LogP contribution in [0.3, 0.4) is 0 Å². The van der Waals surface area contributed by atoms with Gasteiger partial charge in [-0.25, -0.2) is 4.79 Å². The minimum absolute atomic E-state index is 0.0156. The summed E-state index contributed by atoms with van der Waals surface area (Å²) in [6, 6.07) is 13.0. The quantitative estimate of drug-likeness (QED) is 0.347. The fourth-order valence-electron chi connectivity index (χ4n) is 7.97. The zero-order valence-corrected chi connectivity index (χ0v) is 22.6. The van der Waals surface area contributed by atoms with Crippen molar-refractivity contribution in [1.82, 2.24) is 10.2 Å². The van der Waals surface area contributed by atoms with Crippen molar-refractivity contribution in [2.24, 2.45) is 5.92 Å². The van der Waals surface area contributed by atoms with E-state index in [0.29, 0.717) is 31.4 Å². The van der Waals surface area contributed by atoms with Crippen LogP contribution in [0.4, 0.5) is 0 Å². The second-order valence-electron chi connectivity index (χ2n) is 12.2. The van der Waals surface area contributed by atoms with Crippen LogP contribution >= 0.6 is 0 Å². The van der Waals surface area contributed by atoms with Gasteiger partial charge in [0.15, 0.2) is 11.5 Å². The fourth-order valence-corrected chi connectivity index (χ4v) is 7.97. The van der Waals surface area contributed by atoms with Gasteiger partial charge < -0.3 is 25.0 Å². The summed E-state index contributed by atoms with van der Waals surface area (Å²) >= 11 is 0. The van der Waals surface area contributed by atoms with Crippen molar-refractivity contribution in [2.45, 2.75) is 74.1 Å². The second kappa shape index (κ2) is 9.63. The Labute approximate surface area is 234 Å². The van der Waals surface area contributed by atoms with Crippen LogP contribution in [-0.4, -0.2) is 70.5 Å². The fraction of sp³-hybridized carbons (Fsp3) is 0.500. The van der Waals surface area contributed by atoms with E-state index in [9.17, 15) is 19.8 Å². The van der Waals surface area contributed by atoms with Gasteiger partial charge in [-0.1, -0.05) is 36.4 Å². The van der Waals surface area contributed by atoms with Crippen molar-refractivity contribution in [2.75, 3.05) is 19.7 Å². The molecule has 2 bridgehead atoms. The largest absolute Gasteiger partial charge is 0.504 e. The van der Waals surface area contributed by atoms with Crippen LogP contribution in [0.2, 0.25) is 0 Å². The summed E-state index contributed by atoms with van der Waals surface area (Å²) in [5.41, 5.74) is 1.42. The Morgan fingerprint density at radius 3 is 2.73 bits per heavy atom. The van der Waals surface area contributed by atoms with Crippen molar-refractivity contribution >= 4 is 11.9 Å². The maximum atomic E-state index is 13.0. The number of hydrogen-bond donors (Lipinski definition) is 3. The lowest BCUT2D eigenvalue weighted by atomic mass is 9.48. The molecule has 3 fully saturated rings. The van der Waals surface area contributed by atoms with Gasteiger partial charge in [0.25, 0.3) is 0 Å². The number of aromatic hydroxyl groups is 1. The SMILES string of the molecule is O=C(/C=C/C(=O)OCCc1ccccc1)N[C@@H]1CC[C@@]2(O)C3Cc4ccc(O)c5c4C2(CCN3CC2CC2)C1O5. The van der Waals surface area contributed by atoms with Gasteiger partial charge in [-0.3, -0.25) is 9.69 Å². The molecule has 8 nitrogen and oxygen atoms in total. The number of piperidine rings is 1. The number of ether oxygens (including phenoxy) is 2. The standard InChI is InChI=1S/C32H36N2O6/c35-24-9-8-22-18-25-32(38)14-12-23(33-26(36)10-11-27(37)39-17-13-20-4-2-1-3-5-20)30-31(32,28(22)29(24)40-30)15-16-34(25)19-21-6-7-21/h1-5,8-11,21,23,25,30,35,38H,6-7,12-19H2,(H,33,36)/b11-10+/t23-,25?,30?,31?,32-/m1/s1. The first-order valence-electron chi connectivity index (χ1n) is 14.6. The molecule has 2 aromatic carbocycles. The Morgan fingerprint density at radius 1 is 1.10 bits per heavy atom. The third-order valence-corrected chi connectivity index (χ3v) is 9.94. The van der Waals surface area contributed by atoms with Gasteiger partial charge in [0.2, 0.25) is 5.91 Å². The Morgan fingerprint density at radius 2 is 1.93 bits per heavy atom. The average molecular weight is 545 g/mol. The first kappa shape index (κ1) is 25.6. The number of amides is 1. The number of benzene rings is 2. The number of esters is 1. The summed E-state index contributed by atoms with van der Waals surface area (Å²) in [4.78, 5) is 27.6. The van der Waals surface area contributed by atoms with Crippen LogP contribution in [0.15, 0.2) is 54.6 Å². The van der Waals surface area contributed by atoms with E-state index in [2.05, 4.69) is 10.2 Å². The molecule has 2 saturated carbocycles. The van der Waals surface area contributed by atoms with E-state index in [0.717, 1.165) is 48.2 Å². The van der Waals surface area contributed by atoms with Gasteiger partial charge in [-0.2, -0.15) is 0 Å². The first-order valence-corrected chi connectivity index (χ1v) is 14.6. The molecule has 2 aliphatic heterocycles. The van der Waals surface area contributed by atoms with Gasteiger partial charge in [0.05, 0.1) is 23.7 Å². The molecule has 3 unspecified atom stereocenters. The maximum absolute atomic E-state index is 13.0. The second-order valence-corrected chi connectivity index (χ2v) is 12.2. The van der Waals surface area contributed by atoms with Crippen LogP contribution in [0.25, 0.3) is 0 Å². The van der Waals surface area contributed by atoms with Crippen molar-refractivity contribution in [3.05, 3.63) is 71.3 Å². The van der Waals surface area contributed by atoms with E-state index >= 15 is 0 Å². The third kappa shape index (κ3) is 4.03. The van der Waals surface area contributed by atoms with Crippen LogP contribution in [0.5, 0.6) is 11.5 Å². The highest BCUT2D eigenvalue weighted by Gasteiger charge is 2.73. The molecule has 3 N–H and O–H groups in total. The lowest BCUT2D eigenvalue weighted by Crippen LogP contribution is -2.78. The molecular weight excluding hydrogens is 508 g/mol. The van der Waals surface area contributed by atoms with Gasteiger partial charge in [-0.05, 0) is 68.2 Å². The summed E-state index contributed by atoms with van der Waals surface area (Å²) < 4.78 is 11.7. The molecule has 1 saturated heterocycles. The third-order valence-electron chi connectivity index (χ3n) is 9.94. The minimum Gasteiger partial charge on any atom is -0.504 e. The number of nitrogens with zero attached hydrogens (tertiary/aromatic N) is 1. The van der Waals surface area contributed by atoms with E-state index < -0.39 is 29.0 Å². The molecule has 2 heterocycles. The van der Waals surface area contributed by atoms with Crippen molar-refractivity contribution in [1.29, 1.82) is 0 Å². The Hall–Kier alpha value is -3.36. The van der Waals surface area contributed by atoms with Gasteiger partial charge in [0, 0.05) is 36.7 Å². The van der Waals surface area contributed by atoms with E-state index in [-0.39, 0.29) is 24.4 Å². The molecule has 0 radical (unpaired) electrons. The van der Waals surface area contributed by atoms with Crippen molar-refractivity contribution < 1.29 is 29.3 Å². The number of phenols is 1. The molecule has 1 spiro atoms. The summed E-state index contributed by atoms with van der Waals surface area (Å²) in [6.45, 7) is 2.10. The molecule has 7 rings (SSSR count). The molecule has 210 valence electrons. The molecule has 8 heteroatoms. The molecule has 2 aromatic rings. The van der Waals surface area contributed by atoms with Gasteiger partial charge in [0.1, 0.15) is 6.10 Å². The van der Waals surface area contributed by atoms with Crippen LogP contribution in [0.1, 0.15) is 48.8 Å². The Bertz CT molecular complexity index is 1360. The highest BCUT2D eigenvalue weighted by atomic mass is 16.5. The highest BCUT2D eigenvalue weighted by Crippen LogP contribution is 2.65. The number of hydrogen-bond acceptors (Lipinski definition) is 7. The van der Waals surface area contributed by atoms with Gasteiger partial charge in [-0.15, -0.1) is 0 Å². The average Bonchev–Trinajstić information content (AvgIpc) is 3.69. The molecule has 5 atom stereocenters. The first-order chi connectivity index (χ1) is 19.4. The molecular formula is C32H36N2O6. The maximum Gasteiger partial charge on any atom is 0.330 e. The van der Waals surface area contributed by atoms with E-state index in [1.165, 1.54) is 18.9 Å². The van der Waals surface area contributed by atoms with Crippen molar-refractivity contribution in [3.63, 3.8) is 0 Å². The smallest absolute Gasteiger partial charge is 0.330 e. The number of rotatable bonds is 8. The monoisotopic (exact) mass is 544 g/mol. The summed E-state index contributed by atoms with van der Waals surface area (Å²) in [7, 11) is 0. The molecule has 0 aromatic heterocycles. The lowest BCUT2D eigenvalue weighted by molar-refractivity contribution is -0.192. The zero-order valence-electron chi connectivity index (χ0n) is 22.6. The minimum atomic E-state index is -1.00. The van der Waals surface area contributed by atoms with Crippen LogP contribution in [0, 0.1) is 5.92 Å². The Balaban J connectivity index is 1.08. The summed E-state index contributed by atoms with van der Waals surface area (Å²) in [5.74, 6) is 0.271. The number of carbonyl (C=O) groups excluding carboxylic acids is 2. The van der Waals surface area contributed by atoms with Crippen LogP contribution < -0.4 is 10.1 Å². The number of likely N-dealkylation sites (tertiary alicyclic amines) is 1. The van der Waals surface area contributed by atoms with E-state index in [1.807, 2.05) is 36.4 Å². The number of nitrogens with one attached hydrogen (secondary N) is 1. The van der Waals surface area contributed by atoms with Crippen LogP contribution in [-0.2, 0) is 32.6 Å². The topological polar surface area (TPSA) is 108 Å². The highest BCUT2D eigenvalue weighted by molar-refractivity contribution is 5.94.